The van der Waals surface area contributed by atoms with E-state index in [1.165, 1.54) is 11.8 Å². The van der Waals surface area contributed by atoms with Crippen LogP contribution in [0.5, 0.6) is 0 Å². The molecule has 1 heterocycles. The monoisotopic (exact) mass is 822 g/mol. The van der Waals surface area contributed by atoms with Crippen LogP contribution in [0.3, 0.4) is 0 Å². The first-order valence-corrected chi connectivity index (χ1v) is 21.2. The van der Waals surface area contributed by atoms with Gasteiger partial charge in [0, 0.05) is 62.6 Å². The third-order valence-electron chi connectivity index (χ3n) is 8.63. The molecule has 0 spiro atoms. The molecule has 57 heavy (non-hydrogen) atoms. The molecule has 0 saturated heterocycles. The van der Waals surface area contributed by atoms with Crippen LogP contribution < -0.4 is 21.7 Å². The van der Waals surface area contributed by atoms with Gasteiger partial charge in [0.15, 0.2) is 5.16 Å². The second-order valence-corrected chi connectivity index (χ2v) is 14.0. The summed E-state index contributed by atoms with van der Waals surface area (Å²) >= 11 is 1.48. The van der Waals surface area contributed by atoms with E-state index in [9.17, 15) is 14.4 Å². The standard InChI is InChI=1S/C40H66N6O10S/c1-33(47)36-10-8-34(9-11-36)28-42-31-37(41)32-44-39(49)12-14-50-16-18-52-20-22-54-24-26-56-27-25-55-23-21-53-19-17-51-15-13-43-38(48)7-5-3-4-6-35-29-45-40(57-2)46-30-35/h29-31,34,36,42H,3,5,7-28,32,41H2,1-2H3,(H,43,48)(H,44,49)/b37-31-. The Morgan fingerprint density at radius 2 is 1.26 bits per heavy atom. The van der Waals surface area contributed by atoms with Gasteiger partial charge in [-0.15, -0.1) is 0 Å². The van der Waals surface area contributed by atoms with Crippen LogP contribution in [-0.2, 0) is 47.5 Å². The molecule has 16 nitrogen and oxygen atoms in total. The van der Waals surface area contributed by atoms with E-state index in [0.29, 0.717) is 141 Å². The summed E-state index contributed by atoms with van der Waals surface area (Å²) in [6.07, 6.45) is 13.1. The number of ether oxygens (including phenoxy) is 7. The third-order valence-corrected chi connectivity index (χ3v) is 9.20. The first kappa shape index (κ1) is 49.8. The Kier molecular flexibility index (Phi) is 30.3. The lowest BCUT2D eigenvalue weighted by atomic mass is 9.80. The number of Topliss-reactive ketones (excluding diaryl/α,β-unsaturated/α-hetero) is 1. The molecule has 0 aliphatic heterocycles. The molecule has 0 unspecified atom stereocenters. The summed E-state index contributed by atoms with van der Waals surface area (Å²) in [5.74, 6) is 6.98. The molecule has 0 atom stereocenters. The molecule has 1 aromatic rings. The van der Waals surface area contributed by atoms with Gasteiger partial charge in [0.1, 0.15) is 5.78 Å². The summed E-state index contributed by atoms with van der Waals surface area (Å²) in [5, 5.41) is 9.59. The van der Waals surface area contributed by atoms with Gasteiger partial charge >= 0.3 is 0 Å². The zero-order valence-electron chi connectivity index (χ0n) is 34.0. The molecule has 1 aliphatic carbocycles. The normalized spacial score (nSPS) is 15.4. The third kappa shape index (κ3) is 28.7. The first-order valence-electron chi connectivity index (χ1n) is 20.0. The van der Waals surface area contributed by atoms with Gasteiger partial charge in [-0.2, -0.15) is 0 Å². The van der Waals surface area contributed by atoms with E-state index in [1.54, 1.807) is 25.5 Å². The van der Waals surface area contributed by atoms with Crippen molar-refractivity contribution in [1.82, 2.24) is 25.9 Å². The van der Waals surface area contributed by atoms with Crippen molar-refractivity contribution in [2.45, 2.75) is 63.4 Å². The van der Waals surface area contributed by atoms with Crippen molar-refractivity contribution in [3.63, 3.8) is 0 Å². The van der Waals surface area contributed by atoms with Gasteiger partial charge in [0.05, 0.1) is 105 Å². The Bertz CT molecular complexity index is 1310. The van der Waals surface area contributed by atoms with E-state index in [-0.39, 0.29) is 30.7 Å². The number of carbonyl (C=O) groups is 3. The second kappa shape index (κ2) is 34.7. The van der Waals surface area contributed by atoms with Crippen molar-refractivity contribution in [1.29, 1.82) is 0 Å². The lowest BCUT2D eigenvalue weighted by molar-refractivity contribution is -0.122. The quantitative estimate of drug-likeness (QED) is 0.0341. The number of ketones is 1. The summed E-state index contributed by atoms with van der Waals surface area (Å²) < 4.78 is 38.4. The molecular weight excluding hydrogens is 757 g/mol. The van der Waals surface area contributed by atoms with Crippen molar-refractivity contribution in [2.24, 2.45) is 17.6 Å². The second-order valence-electron chi connectivity index (χ2n) is 13.2. The van der Waals surface area contributed by atoms with Crippen LogP contribution in [-0.4, -0.2) is 146 Å². The maximum absolute atomic E-state index is 12.0. The highest BCUT2D eigenvalue weighted by atomic mass is 32.2. The van der Waals surface area contributed by atoms with Crippen LogP contribution in [0.4, 0.5) is 0 Å². The van der Waals surface area contributed by atoms with E-state index >= 15 is 0 Å². The Morgan fingerprint density at radius 3 is 1.79 bits per heavy atom. The van der Waals surface area contributed by atoms with Crippen molar-refractivity contribution < 1.29 is 47.5 Å². The highest BCUT2D eigenvalue weighted by Crippen LogP contribution is 2.28. The predicted molar refractivity (Wildman–Crippen MR) is 217 cm³/mol. The topological polar surface area (TPSA) is 204 Å². The largest absolute Gasteiger partial charge is 0.399 e. The van der Waals surface area contributed by atoms with E-state index < -0.39 is 0 Å². The van der Waals surface area contributed by atoms with Crippen molar-refractivity contribution in [2.75, 3.05) is 118 Å². The molecule has 2 amide bonds. The molecule has 1 aromatic heterocycles. The summed E-state index contributed by atoms with van der Waals surface area (Å²) in [6.45, 7) is 9.32. The molecule has 0 aromatic carbocycles. The Morgan fingerprint density at radius 1 is 0.754 bits per heavy atom. The fourth-order valence-corrected chi connectivity index (χ4v) is 5.71. The Labute approximate surface area is 343 Å². The van der Waals surface area contributed by atoms with E-state index in [2.05, 4.69) is 37.8 Å². The van der Waals surface area contributed by atoms with Crippen LogP contribution in [0, 0.1) is 23.7 Å². The lowest BCUT2D eigenvalue weighted by Crippen LogP contribution is -2.30. The van der Waals surface area contributed by atoms with Gasteiger partial charge < -0.3 is 54.8 Å². The maximum Gasteiger partial charge on any atom is 0.222 e. The number of unbranched alkanes of at least 4 members (excludes halogenated alkanes) is 1. The van der Waals surface area contributed by atoms with Crippen molar-refractivity contribution in [3.8, 4) is 11.8 Å². The fourth-order valence-electron chi connectivity index (χ4n) is 5.40. The molecule has 0 radical (unpaired) electrons. The number of hydrogen-bond acceptors (Lipinski definition) is 15. The summed E-state index contributed by atoms with van der Waals surface area (Å²) in [5.41, 5.74) is 7.32. The summed E-state index contributed by atoms with van der Waals surface area (Å²) in [7, 11) is 0. The summed E-state index contributed by atoms with van der Waals surface area (Å²) in [4.78, 5) is 43.8. The number of aromatic nitrogens is 2. The molecule has 17 heteroatoms. The first-order chi connectivity index (χ1) is 27.9. The molecule has 1 fully saturated rings. The minimum absolute atomic E-state index is 0.0170. The molecule has 0 bridgehead atoms. The van der Waals surface area contributed by atoms with Gasteiger partial charge in [0.2, 0.25) is 11.8 Å². The Hall–Kier alpha value is -3.34. The SMILES string of the molecule is CSc1ncc(C#CCCCC(=O)NCCOCCOCCOCCOCCOCCOCCOCCC(=O)NC/C(N)=C/NCC2CCC(C(C)=O)CC2)cn1. The number of rotatable bonds is 34. The van der Waals surface area contributed by atoms with Crippen LogP contribution in [0.25, 0.3) is 0 Å². The lowest BCUT2D eigenvalue weighted by Gasteiger charge is -2.26. The Balaban J connectivity index is 1.22. The highest BCUT2D eigenvalue weighted by Gasteiger charge is 2.23. The molecule has 5 N–H and O–H groups in total. The van der Waals surface area contributed by atoms with Gasteiger partial charge in [0.25, 0.3) is 0 Å². The molecule has 322 valence electrons. The highest BCUT2D eigenvalue weighted by molar-refractivity contribution is 7.98. The van der Waals surface area contributed by atoms with E-state index in [0.717, 1.165) is 37.8 Å². The van der Waals surface area contributed by atoms with E-state index in [1.807, 2.05) is 6.26 Å². The van der Waals surface area contributed by atoms with Crippen molar-refractivity contribution in [3.05, 3.63) is 29.9 Å². The van der Waals surface area contributed by atoms with Crippen LogP contribution in [0.2, 0.25) is 0 Å². The molecule has 2 rings (SSSR count). The average molecular weight is 823 g/mol. The number of nitrogens with two attached hydrogens (primary N) is 1. The predicted octanol–water partition coefficient (Wildman–Crippen LogP) is 2.24. The van der Waals surface area contributed by atoms with Crippen LogP contribution in [0.15, 0.2) is 29.4 Å². The smallest absolute Gasteiger partial charge is 0.222 e. The van der Waals surface area contributed by atoms with E-state index in [4.69, 9.17) is 38.9 Å². The van der Waals surface area contributed by atoms with Gasteiger partial charge in [-0.25, -0.2) is 9.97 Å². The zero-order valence-corrected chi connectivity index (χ0v) is 34.8. The average Bonchev–Trinajstić information content (AvgIpc) is 3.21. The molecule has 1 saturated carbocycles. The fraction of sp³-hybridized carbons (Fsp3) is 0.725. The van der Waals surface area contributed by atoms with Gasteiger partial charge in [-0.1, -0.05) is 23.6 Å². The molecular formula is C40H66N6O10S. The number of hydrogen-bond donors (Lipinski definition) is 4. The summed E-state index contributed by atoms with van der Waals surface area (Å²) in [6, 6.07) is 0. The number of nitrogens with zero attached hydrogens (tertiary/aromatic N) is 2. The number of carbonyl (C=O) groups excluding carboxylic acids is 3. The minimum atomic E-state index is -0.129. The molecule has 1 aliphatic rings. The number of nitrogens with one attached hydrogen (secondary N) is 3. The number of thioether (sulfide) groups is 1. The van der Waals surface area contributed by atoms with Crippen LogP contribution in [0.1, 0.15) is 63.9 Å². The van der Waals surface area contributed by atoms with Crippen molar-refractivity contribution >= 4 is 29.4 Å². The van der Waals surface area contributed by atoms with Crippen LogP contribution >= 0.6 is 11.8 Å². The maximum atomic E-state index is 12.0. The van der Waals surface area contributed by atoms with Gasteiger partial charge in [-0.3, -0.25) is 14.4 Å². The number of amides is 2. The zero-order chi connectivity index (χ0) is 41.0. The van der Waals surface area contributed by atoms with Gasteiger partial charge in [-0.05, 0) is 51.2 Å². The minimum Gasteiger partial charge on any atom is -0.399 e.